The molecular formula is C25H25Br2N3O4S. The molecule has 0 aliphatic heterocycles. The standard InChI is InChI=1S/C25H25Br2N3O4S/c1-3-30(15-16-34-25(31)18-5-7-19(26)8-6-18)21-11-14-24(23(27)17-21)29-28-20-9-12-22(13-10-20)35(32,33)4-2/h5-14,17H,3-4,15-16H2,1-2H3. The smallest absolute Gasteiger partial charge is 0.338 e. The molecule has 0 N–H and O–H groups in total. The Morgan fingerprint density at radius 3 is 2.23 bits per heavy atom. The maximum atomic E-state index is 12.2. The number of halogens is 2. The third-order valence-corrected chi connectivity index (χ3v) is 8.12. The highest BCUT2D eigenvalue weighted by molar-refractivity contribution is 9.10. The molecule has 10 heteroatoms. The van der Waals surface area contributed by atoms with Gasteiger partial charge < -0.3 is 9.64 Å². The summed E-state index contributed by atoms with van der Waals surface area (Å²) in [6.07, 6.45) is 0. The summed E-state index contributed by atoms with van der Waals surface area (Å²) in [5, 5.41) is 8.49. The van der Waals surface area contributed by atoms with E-state index in [1.54, 1.807) is 43.3 Å². The van der Waals surface area contributed by atoms with Crippen LogP contribution >= 0.6 is 31.9 Å². The molecule has 0 bridgehead atoms. The van der Waals surface area contributed by atoms with Crippen LogP contribution in [0.1, 0.15) is 24.2 Å². The zero-order valence-corrected chi connectivity index (χ0v) is 23.3. The van der Waals surface area contributed by atoms with Gasteiger partial charge in [0.15, 0.2) is 9.84 Å². The van der Waals surface area contributed by atoms with E-state index in [-0.39, 0.29) is 23.2 Å². The second-order valence-electron chi connectivity index (χ2n) is 7.46. The van der Waals surface area contributed by atoms with E-state index in [0.717, 1.165) is 21.2 Å². The van der Waals surface area contributed by atoms with Crippen LogP contribution in [0.25, 0.3) is 0 Å². The molecule has 3 rings (SSSR count). The molecule has 0 heterocycles. The van der Waals surface area contributed by atoms with Crippen molar-refractivity contribution in [3.63, 3.8) is 0 Å². The summed E-state index contributed by atoms with van der Waals surface area (Å²) in [5.41, 5.74) is 2.65. The summed E-state index contributed by atoms with van der Waals surface area (Å²) in [5.74, 6) is -0.305. The highest BCUT2D eigenvalue weighted by Crippen LogP contribution is 2.31. The summed E-state index contributed by atoms with van der Waals surface area (Å²) in [6, 6.07) is 19.1. The van der Waals surface area contributed by atoms with Crippen molar-refractivity contribution in [3.05, 3.63) is 81.2 Å². The van der Waals surface area contributed by atoms with E-state index >= 15 is 0 Å². The normalized spacial score (nSPS) is 11.5. The van der Waals surface area contributed by atoms with Crippen LogP contribution in [0.3, 0.4) is 0 Å². The molecule has 7 nitrogen and oxygen atoms in total. The van der Waals surface area contributed by atoms with Crippen LogP contribution in [0, 0.1) is 0 Å². The average molecular weight is 623 g/mol. The fourth-order valence-electron chi connectivity index (χ4n) is 3.16. The predicted octanol–water partition coefficient (Wildman–Crippen LogP) is 7.10. The van der Waals surface area contributed by atoms with Crippen molar-refractivity contribution in [2.45, 2.75) is 18.7 Å². The number of azo groups is 1. The van der Waals surface area contributed by atoms with Gasteiger partial charge in [0.1, 0.15) is 6.61 Å². The topological polar surface area (TPSA) is 88.4 Å². The first-order valence-corrected chi connectivity index (χ1v) is 14.2. The minimum atomic E-state index is -3.25. The minimum absolute atomic E-state index is 0.0511. The highest BCUT2D eigenvalue weighted by atomic mass is 79.9. The Morgan fingerprint density at radius 2 is 1.63 bits per heavy atom. The Morgan fingerprint density at radius 1 is 0.943 bits per heavy atom. The van der Waals surface area contributed by atoms with Gasteiger partial charge >= 0.3 is 5.97 Å². The van der Waals surface area contributed by atoms with Gasteiger partial charge in [-0.25, -0.2) is 13.2 Å². The second kappa shape index (κ2) is 12.4. The van der Waals surface area contributed by atoms with Gasteiger partial charge in [0, 0.05) is 21.2 Å². The lowest BCUT2D eigenvalue weighted by Crippen LogP contribution is -2.28. The fourth-order valence-corrected chi connectivity index (χ4v) is 4.75. The maximum Gasteiger partial charge on any atom is 0.338 e. The lowest BCUT2D eigenvalue weighted by molar-refractivity contribution is 0.0515. The van der Waals surface area contributed by atoms with Crippen molar-refractivity contribution in [2.75, 3.05) is 30.3 Å². The Bertz CT molecular complexity index is 1300. The number of rotatable bonds is 10. The Labute approximate surface area is 222 Å². The minimum Gasteiger partial charge on any atom is -0.460 e. The lowest BCUT2D eigenvalue weighted by Gasteiger charge is -2.23. The number of likely N-dealkylation sites (N-methyl/N-ethyl adjacent to an activating group) is 1. The van der Waals surface area contributed by atoms with E-state index in [1.165, 1.54) is 12.1 Å². The largest absolute Gasteiger partial charge is 0.460 e. The molecular weight excluding hydrogens is 598 g/mol. The Kier molecular flexibility index (Phi) is 9.59. The van der Waals surface area contributed by atoms with Crippen LogP contribution in [0.2, 0.25) is 0 Å². The van der Waals surface area contributed by atoms with Gasteiger partial charge in [-0.1, -0.05) is 22.9 Å². The zero-order valence-electron chi connectivity index (χ0n) is 19.3. The van der Waals surface area contributed by atoms with Gasteiger partial charge in [-0.15, -0.1) is 5.11 Å². The fraction of sp³-hybridized carbons (Fsp3) is 0.240. The van der Waals surface area contributed by atoms with Gasteiger partial charge in [-0.3, -0.25) is 0 Å². The van der Waals surface area contributed by atoms with Gasteiger partial charge in [-0.05, 0) is 89.6 Å². The summed E-state index contributed by atoms with van der Waals surface area (Å²) in [6.45, 7) is 5.17. The van der Waals surface area contributed by atoms with Crippen molar-refractivity contribution >= 4 is 64.7 Å². The second-order valence-corrected chi connectivity index (χ2v) is 11.5. The summed E-state index contributed by atoms with van der Waals surface area (Å²) >= 11 is 6.89. The number of ether oxygens (including phenoxy) is 1. The molecule has 0 aliphatic carbocycles. The van der Waals surface area contributed by atoms with Crippen LogP contribution in [-0.2, 0) is 14.6 Å². The van der Waals surface area contributed by atoms with Gasteiger partial charge in [0.25, 0.3) is 0 Å². The van der Waals surface area contributed by atoms with Gasteiger partial charge in [0.05, 0.1) is 34.1 Å². The first-order valence-electron chi connectivity index (χ1n) is 10.9. The molecule has 3 aromatic rings. The van der Waals surface area contributed by atoms with Crippen LogP contribution in [0.15, 0.2) is 90.8 Å². The zero-order chi connectivity index (χ0) is 25.4. The molecule has 0 radical (unpaired) electrons. The van der Waals surface area contributed by atoms with Gasteiger partial charge in [-0.2, -0.15) is 5.11 Å². The SMILES string of the molecule is CCN(CCOC(=O)c1ccc(Br)cc1)c1ccc(N=Nc2ccc(S(=O)(=O)CC)cc2)c(Br)c1. The number of carbonyl (C=O) groups excluding carboxylic acids is 1. The van der Waals surface area contributed by atoms with Crippen molar-refractivity contribution in [1.82, 2.24) is 0 Å². The van der Waals surface area contributed by atoms with Crippen LogP contribution < -0.4 is 4.90 Å². The summed E-state index contributed by atoms with van der Waals surface area (Å²) in [7, 11) is -3.25. The van der Waals surface area contributed by atoms with Crippen LogP contribution in [0.5, 0.6) is 0 Å². The molecule has 3 aromatic carbocycles. The average Bonchev–Trinajstić information content (AvgIpc) is 2.86. The number of anilines is 1. The van der Waals surface area contributed by atoms with E-state index in [9.17, 15) is 13.2 Å². The third kappa shape index (κ3) is 7.46. The molecule has 0 aromatic heterocycles. The number of hydrogen-bond acceptors (Lipinski definition) is 7. The molecule has 0 fully saturated rings. The maximum absolute atomic E-state index is 12.2. The van der Waals surface area contributed by atoms with Crippen molar-refractivity contribution in [1.29, 1.82) is 0 Å². The quantitative estimate of drug-likeness (QED) is 0.178. The lowest BCUT2D eigenvalue weighted by atomic mass is 10.2. The molecule has 0 saturated carbocycles. The first kappa shape index (κ1) is 27.0. The third-order valence-electron chi connectivity index (χ3n) is 5.20. The number of carbonyl (C=O) groups is 1. The number of nitrogens with zero attached hydrogens (tertiary/aromatic N) is 3. The molecule has 184 valence electrons. The summed E-state index contributed by atoms with van der Waals surface area (Å²) in [4.78, 5) is 14.6. The monoisotopic (exact) mass is 621 g/mol. The molecule has 0 unspecified atom stereocenters. The van der Waals surface area contributed by atoms with Crippen LogP contribution in [-0.4, -0.2) is 39.8 Å². The predicted molar refractivity (Wildman–Crippen MR) is 145 cm³/mol. The Balaban J connectivity index is 1.61. The number of sulfone groups is 1. The number of benzene rings is 3. The van der Waals surface area contributed by atoms with Crippen molar-refractivity contribution in [2.24, 2.45) is 10.2 Å². The number of hydrogen-bond donors (Lipinski definition) is 0. The molecule has 35 heavy (non-hydrogen) atoms. The molecule has 0 spiro atoms. The van der Waals surface area contributed by atoms with E-state index < -0.39 is 9.84 Å². The molecule has 0 saturated heterocycles. The molecule has 0 atom stereocenters. The first-order chi connectivity index (χ1) is 16.7. The number of esters is 1. The highest BCUT2D eigenvalue weighted by Gasteiger charge is 2.12. The van der Waals surface area contributed by atoms with Crippen molar-refractivity contribution in [3.8, 4) is 0 Å². The summed E-state index contributed by atoms with van der Waals surface area (Å²) < 4.78 is 30.9. The van der Waals surface area contributed by atoms with E-state index in [1.807, 2.05) is 25.1 Å². The van der Waals surface area contributed by atoms with Gasteiger partial charge in [0.2, 0.25) is 0 Å². The van der Waals surface area contributed by atoms with Crippen molar-refractivity contribution < 1.29 is 17.9 Å². The van der Waals surface area contributed by atoms with E-state index in [0.29, 0.717) is 23.5 Å². The molecule has 0 aliphatic rings. The van der Waals surface area contributed by atoms with E-state index in [2.05, 4.69) is 47.0 Å². The van der Waals surface area contributed by atoms with Crippen LogP contribution in [0.4, 0.5) is 17.1 Å². The Hall–Kier alpha value is -2.56. The molecule has 0 amide bonds. The van der Waals surface area contributed by atoms with E-state index in [4.69, 9.17) is 4.74 Å².